The third-order valence-electron chi connectivity index (χ3n) is 3.10. The summed E-state index contributed by atoms with van der Waals surface area (Å²) in [4.78, 5) is 4.56. The first-order valence-electron chi connectivity index (χ1n) is 7.10. The molecule has 0 amide bonds. The van der Waals surface area contributed by atoms with E-state index in [2.05, 4.69) is 40.8 Å². The Morgan fingerprint density at radius 2 is 2.20 bits per heavy atom. The van der Waals surface area contributed by atoms with E-state index in [4.69, 9.17) is 4.74 Å². The molecule has 1 heterocycles. The van der Waals surface area contributed by atoms with Crippen LogP contribution >= 0.6 is 11.3 Å². The number of hydrogen-bond acceptors (Lipinski definition) is 4. The number of nitrogens with one attached hydrogen (secondary N) is 1. The number of likely N-dealkylation sites (N-methyl/N-ethyl adjacent to an activating group) is 1. The number of hydrogen-bond donors (Lipinski definition) is 1. The summed E-state index contributed by atoms with van der Waals surface area (Å²) in [5.74, 6) is 0.933. The SMILES string of the molecule is CCNC(Cc1csc(C)n1)c1cccc(OCC)c1. The van der Waals surface area contributed by atoms with Crippen LogP contribution in [0.3, 0.4) is 0 Å². The molecule has 1 aromatic heterocycles. The molecule has 0 saturated heterocycles. The number of ether oxygens (including phenoxy) is 1. The first kappa shape index (κ1) is 15.0. The number of aromatic nitrogens is 1. The van der Waals surface area contributed by atoms with E-state index in [1.165, 1.54) is 5.56 Å². The van der Waals surface area contributed by atoms with Gasteiger partial charge in [-0.3, -0.25) is 0 Å². The van der Waals surface area contributed by atoms with Gasteiger partial charge in [0.1, 0.15) is 5.75 Å². The Bertz CT molecular complexity index is 539. The Morgan fingerprint density at radius 3 is 2.85 bits per heavy atom. The average Bonchev–Trinajstić information content (AvgIpc) is 2.84. The lowest BCUT2D eigenvalue weighted by Gasteiger charge is -2.18. The topological polar surface area (TPSA) is 34.2 Å². The number of benzene rings is 1. The summed E-state index contributed by atoms with van der Waals surface area (Å²) in [7, 11) is 0. The molecule has 0 aliphatic heterocycles. The summed E-state index contributed by atoms with van der Waals surface area (Å²) in [6, 6.07) is 8.60. The Hall–Kier alpha value is -1.39. The third-order valence-corrected chi connectivity index (χ3v) is 3.92. The molecule has 108 valence electrons. The van der Waals surface area contributed by atoms with E-state index in [0.29, 0.717) is 6.61 Å². The van der Waals surface area contributed by atoms with Gasteiger partial charge < -0.3 is 10.1 Å². The molecule has 4 heteroatoms. The molecule has 1 atom stereocenters. The maximum absolute atomic E-state index is 5.59. The van der Waals surface area contributed by atoms with Gasteiger partial charge in [-0.15, -0.1) is 11.3 Å². The molecule has 0 spiro atoms. The van der Waals surface area contributed by atoms with Gasteiger partial charge in [-0.2, -0.15) is 0 Å². The lowest BCUT2D eigenvalue weighted by Crippen LogP contribution is -2.23. The van der Waals surface area contributed by atoms with Gasteiger partial charge in [0.2, 0.25) is 0 Å². The van der Waals surface area contributed by atoms with Gasteiger partial charge >= 0.3 is 0 Å². The van der Waals surface area contributed by atoms with Crippen LogP contribution in [0.25, 0.3) is 0 Å². The Labute approximate surface area is 125 Å². The van der Waals surface area contributed by atoms with Gasteiger partial charge in [0, 0.05) is 17.8 Å². The molecule has 0 bridgehead atoms. The zero-order valence-electron chi connectivity index (χ0n) is 12.3. The lowest BCUT2D eigenvalue weighted by molar-refractivity contribution is 0.339. The fourth-order valence-electron chi connectivity index (χ4n) is 2.25. The van der Waals surface area contributed by atoms with Crippen molar-refractivity contribution in [1.82, 2.24) is 10.3 Å². The predicted molar refractivity (Wildman–Crippen MR) is 84.6 cm³/mol. The van der Waals surface area contributed by atoms with Gasteiger partial charge in [-0.05, 0) is 38.1 Å². The van der Waals surface area contributed by atoms with Crippen molar-refractivity contribution in [3.05, 3.63) is 45.9 Å². The molecule has 2 rings (SSSR count). The molecule has 2 aromatic rings. The van der Waals surface area contributed by atoms with Crippen molar-refractivity contribution in [2.45, 2.75) is 33.2 Å². The van der Waals surface area contributed by atoms with Crippen LogP contribution < -0.4 is 10.1 Å². The molecule has 1 unspecified atom stereocenters. The second-order valence-electron chi connectivity index (χ2n) is 4.68. The summed E-state index contributed by atoms with van der Waals surface area (Å²) in [5.41, 5.74) is 2.41. The highest BCUT2D eigenvalue weighted by Crippen LogP contribution is 2.23. The Morgan fingerprint density at radius 1 is 1.35 bits per heavy atom. The molecule has 3 nitrogen and oxygen atoms in total. The van der Waals surface area contributed by atoms with Crippen molar-refractivity contribution in [3.8, 4) is 5.75 Å². The zero-order valence-corrected chi connectivity index (χ0v) is 13.2. The Kier molecular flexibility index (Phi) is 5.56. The van der Waals surface area contributed by atoms with Crippen LogP contribution in [0, 0.1) is 6.92 Å². The van der Waals surface area contributed by atoms with Crippen LogP contribution in [0.5, 0.6) is 5.75 Å². The summed E-state index contributed by atoms with van der Waals surface area (Å²) in [6.45, 7) is 7.82. The predicted octanol–water partition coefficient (Wildman–Crippen LogP) is 3.74. The largest absolute Gasteiger partial charge is 0.494 e. The highest BCUT2D eigenvalue weighted by atomic mass is 32.1. The monoisotopic (exact) mass is 290 g/mol. The van der Waals surface area contributed by atoms with Gasteiger partial charge in [0.05, 0.1) is 17.3 Å². The van der Waals surface area contributed by atoms with Crippen LogP contribution in [-0.4, -0.2) is 18.1 Å². The number of nitrogens with zero attached hydrogens (tertiary/aromatic N) is 1. The fourth-order valence-corrected chi connectivity index (χ4v) is 2.88. The quantitative estimate of drug-likeness (QED) is 0.843. The summed E-state index contributed by atoms with van der Waals surface area (Å²) in [5, 5.41) is 6.80. The van der Waals surface area contributed by atoms with E-state index in [1.807, 2.05) is 19.9 Å². The van der Waals surface area contributed by atoms with Gasteiger partial charge in [0.25, 0.3) is 0 Å². The molecule has 0 radical (unpaired) electrons. The summed E-state index contributed by atoms with van der Waals surface area (Å²) in [6.07, 6.45) is 0.910. The normalized spacial score (nSPS) is 12.3. The van der Waals surface area contributed by atoms with E-state index in [0.717, 1.165) is 29.4 Å². The van der Waals surface area contributed by atoms with Crippen LogP contribution in [0.4, 0.5) is 0 Å². The van der Waals surface area contributed by atoms with Gasteiger partial charge in [-0.25, -0.2) is 4.98 Å². The summed E-state index contributed by atoms with van der Waals surface area (Å²) < 4.78 is 5.59. The molecule has 1 aromatic carbocycles. The molecule has 0 aliphatic carbocycles. The van der Waals surface area contributed by atoms with Crippen LogP contribution in [0.1, 0.15) is 36.2 Å². The Balaban J connectivity index is 2.16. The third kappa shape index (κ3) is 4.05. The van der Waals surface area contributed by atoms with E-state index >= 15 is 0 Å². The minimum atomic E-state index is 0.280. The first-order valence-corrected chi connectivity index (χ1v) is 7.98. The van der Waals surface area contributed by atoms with E-state index in [9.17, 15) is 0 Å². The lowest BCUT2D eigenvalue weighted by atomic mass is 10.0. The van der Waals surface area contributed by atoms with Gasteiger partial charge in [-0.1, -0.05) is 19.1 Å². The van der Waals surface area contributed by atoms with Crippen molar-refractivity contribution in [1.29, 1.82) is 0 Å². The molecule has 0 aliphatic rings. The van der Waals surface area contributed by atoms with Crippen LogP contribution in [-0.2, 0) is 6.42 Å². The minimum Gasteiger partial charge on any atom is -0.494 e. The van der Waals surface area contributed by atoms with Gasteiger partial charge in [0.15, 0.2) is 0 Å². The molecular weight excluding hydrogens is 268 g/mol. The van der Waals surface area contributed by atoms with Crippen molar-refractivity contribution in [3.63, 3.8) is 0 Å². The average molecular weight is 290 g/mol. The smallest absolute Gasteiger partial charge is 0.119 e. The molecular formula is C16H22N2OS. The van der Waals surface area contributed by atoms with E-state index in [1.54, 1.807) is 11.3 Å². The highest BCUT2D eigenvalue weighted by Gasteiger charge is 2.13. The molecule has 20 heavy (non-hydrogen) atoms. The van der Waals surface area contributed by atoms with Crippen molar-refractivity contribution >= 4 is 11.3 Å². The van der Waals surface area contributed by atoms with Crippen LogP contribution in [0.15, 0.2) is 29.6 Å². The zero-order chi connectivity index (χ0) is 14.4. The second kappa shape index (κ2) is 7.41. The number of thiazole rings is 1. The highest BCUT2D eigenvalue weighted by molar-refractivity contribution is 7.09. The summed E-state index contributed by atoms with van der Waals surface area (Å²) >= 11 is 1.71. The van der Waals surface area contributed by atoms with Crippen molar-refractivity contribution in [2.24, 2.45) is 0 Å². The number of aryl methyl sites for hydroxylation is 1. The fraction of sp³-hybridized carbons (Fsp3) is 0.438. The second-order valence-corrected chi connectivity index (χ2v) is 5.74. The van der Waals surface area contributed by atoms with Crippen LogP contribution in [0.2, 0.25) is 0 Å². The molecule has 0 fully saturated rings. The molecule has 1 N–H and O–H groups in total. The van der Waals surface area contributed by atoms with Crippen molar-refractivity contribution in [2.75, 3.05) is 13.2 Å². The van der Waals surface area contributed by atoms with Crippen molar-refractivity contribution < 1.29 is 4.74 Å². The molecule has 0 saturated carbocycles. The van der Waals surface area contributed by atoms with E-state index in [-0.39, 0.29) is 6.04 Å². The minimum absolute atomic E-state index is 0.280. The standard InChI is InChI=1S/C16H22N2OS/c1-4-17-16(10-14-11-20-12(3)18-14)13-7-6-8-15(9-13)19-5-2/h6-9,11,16-17H,4-5,10H2,1-3H3. The maximum Gasteiger partial charge on any atom is 0.119 e. The van der Waals surface area contributed by atoms with E-state index < -0.39 is 0 Å². The maximum atomic E-state index is 5.59. The first-order chi connectivity index (χ1) is 9.72. The number of rotatable bonds is 7.